The Morgan fingerprint density at radius 2 is 1.19 bits per heavy atom. The first kappa shape index (κ1) is 18.9. The molecule has 2 aliphatic rings. The third-order valence-corrected chi connectivity index (χ3v) is 8.82. The molecule has 27 heavy (non-hydrogen) atoms. The highest BCUT2D eigenvalue weighted by molar-refractivity contribution is 7.53. The summed E-state index contributed by atoms with van der Waals surface area (Å²) in [5.41, 5.74) is 2.20. The van der Waals surface area contributed by atoms with E-state index < -0.39 is 7.67 Å². The monoisotopic (exact) mass is 384 g/mol. The van der Waals surface area contributed by atoms with Gasteiger partial charge in [-0.15, -0.1) is 0 Å². The van der Waals surface area contributed by atoms with E-state index in [0.29, 0.717) is 0 Å². The van der Waals surface area contributed by atoms with Gasteiger partial charge < -0.3 is 4.89 Å². The first-order valence-electron chi connectivity index (χ1n) is 10.0. The molecule has 4 rings (SSSR count). The van der Waals surface area contributed by atoms with Crippen molar-refractivity contribution in [3.8, 4) is 0 Å². The summed E-state index contributed by atoms with van der Waals surface area (Å²) >= 11 is 0. The van der Waals surface area contributed by atoms with Crippen molar-refractivity contribution in [2.75, 3.05) is 0 Å². The number of benzene rings is 2. The van der Waals surface area contributed by atoms with Crippen molar-refractivity contribution in [2.45, 2.75) is 63.7 Å². The molecule has 2 fully saturated rings. The molecule has 144 valence electrons. The molecule has 0 amide bonds. The Hall–Kier alpha value is -1.45. The molecular weight excluding hydrogens is 355 g/mol. The van der Waals surface area contributed by atoms with Gasteiger partial charge in [0.25, 0.3) is 0 Å². The fraction of sp³-hybridized carbons (Fsp3) is 0.455. The summed E-state index contributed by atoms with van der Waals surface area (Å²) in [5, 5.41) is 0. The maximum absolute atomic E-state index is 13.9. The second kappa shape index (κ2) is 7.52. The summed E-state index contributed by atoms with van der Waals surface area (Å²) in [4.78, 5) is 11.4. The summed E-state index contributed by atoms with van der Waals surface area (Å²) in [6.45, 7) is 4.14. The van der Waals surface area contributed by atoms with Gasteiger partial charge in [0.15, 0.2) is 0 Å². The lowest BCUT2D eigenvalue weighted by Gasteiger charge is -2.34. The van der Waals surface area contributed by atoms with Gasteiger partial charge in [-0.2, -0.15) is 0 Å². The van der Waals surface area contributed by atoms with Gasteiger partial charge in [0.2, 0.25) is 0 Å². The van der Waals surface area contributed by atoms with Gasteiger partial charge in [-0.05, 0) is 37.8 Å². The molecule has 1 heterocycles. The lowest BCUT2D eigenvalue weighted by molar-refractivity contribution is 0.166. The van der Waals surface area contributed by atoms with Crippen LogP contribution in [0.5, 0.6) is 0 Å². The average Bonchev–Trinajstić information content (AvgIpc) is 2.94. The quantitative estimate of drug-likeness (QED) is 0.703. The Morgan fingerprint density at radius 3 is 1.56 bits per heavy atom. The molecule has 2 aromatic carbocycles. The number of hydrogen-bond acceptors (Lipinski definition) is 1. The lowest BCUT2D eigenvalue weighted by atomic mass is 9.88. The van der Waals surface area contributed by atoms with Gasteiger partial charge in [-0.3, -0.25) is 4.57 Å². The summed E-state index contributed by atoms with van der Waals surface area (Å²) < 4.78 is 17.8. The predicted molar refractivity (Wildman–Crippen MR) is 109 cm³/mol. The summed E-state index contributed by atoms with van der Waals surface area (Å²) in [6, 6.07) is 20.4. The van der Waals surface area contributed by atoms with Crippen LogP contribution in [0.1, 0.15) is 62.7 Å². The Bertz CT molecular complexity index is 748. The standard InChI is InChI=1S/C22H29N2O2P/c1-17(19-11-5-3-6-12-19)23-21-15-9-10-16-22(21)24(27(23,25)26)18(2)20-13-7-4-8-14-20/h3-8,11-14,17-18,21-22H,9-10,15-16H2,1-2H3,(H,25,26)/t17-,18-,21+,22+/m0/s1. The van der Waals surface area contributed by atoms with E-state index in [-0.39, 0.29) is 24.2 Å². The molecule has 0 radical (unpaired) electrons. The van der Waals surface area contributed by atoms with Crippen LogP contribution in [-0.4, -0.2) is 26.3 Å². The van der Waals surface area contributed by atoms with Crippen LogP contribution in [0, 0.1) is 0 Å². The largest absolute Gasteiger partial charge is 0.345 e. The van der Waals surface area contributed by atoms with E-state index in [2.05, 4.69) is 38.1 Å². The van der Waals surface area contributed by atoms with Gasteiger partial charge in [0.05, 0.1) is 0 Å². The zero-order valence-corrected chi connectivity index (χ0v) is 17.0. The van der Waals surface area contributed by atoms with E-state index in [9.17, 15) is 9.46 Å². The van der Waals surface area contributed by atoms with E-state index in [4.69, 9.17) is 0 Å². The van der Waals surface area contributed by atoms with Crippen molar-refractivity contribution in [1.82, 2.24) is 9.34 Å². The molecule has 0 aromatic heterocycles. The number of hydrogen-bond donors (Lipinski definition) is 1. The van der Waals surface area contributed by atoms with Gasteiger partial charge in [0.1, 0.15) is 0 Å². The highest BCUT2D eigenvalue weighted by Gasteiger charge is 2.57. The highest BCUT2D eigenvalue weighted by Crippen LogP contribution is 2.66. The smallest absolute Gasteiger partial charge is 0.322 e. The molecule has 1 aliphatic heterocycles. The van der Waals surface area contributed by atoms with Crippen molar-refractivity contribution in [3.05, 3.63) is 71.8 Å². The van der Waals surface area contributed by atoms with E-state index in [0.717, 1.165) is 36.8 Å². The van der Waals surface area contributed by atoms with Gasteiger partial charge in [0, 0.05) is 24.2 Å². The topological polar surface area (TPSA) is 43.8 Å². The van der Waals surface area contributed by atoms with Crippen molar-refractivity contribution >= 4 is 7.67 Å². The molecule has 1 aliphatic carbocycles. The van der Waals surface area contributed by atoms with Crippen LogP contribution in [0.4, 0.5) is 0 Å². The first-order chi connectivity index (χ1) is 13.0. The molecule has 0 spiro atoms. The maximum atomic E-state index is 13.9. The van der Waals surface area contributed by atoms with E-state index in [1.54, 1.807) is 0 Å². The van der Waals surface area contributed by atoms with Crippen LogP contribution in [0.25, 0.3) is 0 Å². The summed E-state index contributed by atoms with van der Waals surface area (Å²) in [5.74, 6) is 0. The van der Waals surface area contributed by atoms with Gasteiger partial charge >= 0.3 is 7.67 Å². The molecule has 0 bridgehead atoms. The third-order valence-electron chi connectivity index (χ3n) is 6.33. The Kier molecular flexibility index (Phi) is 5.26. The Labute approximate surface area is 162 Å². The van der Waals surface area contributed by atoms with Crippen LogP contribution < -0.4 is 0 Å². The fourth-order valence-electron chi connectivity index (χ4n) is 5.01. The molecule has 1 N–H and O–H groups in total. The SMILES string of the molecule is C[C@@H](c1ccccc1)N1[C@@H]2CCCC[C@H]2N([C@@H](C)c2ccccc2)P1(=O)O. The molecule has 0 unspecified atom stereocenters. The van der Waals surface area contributed by atoms with Crippen molar-refractivity contribution in [3.63, 3.8) is 0 Å². The third kappa shape index (κ3) is 3.30. The first-order valence-corrected chi connectivity index (χ1v) is 11.6. The minimum Gasteiger partial charge on any atom is -0.322 e. The number of nitrogens with zero attached hydrogens (tertiary/aromatic N) is 2. The van der Waals surface area contributed by atoms with Crippen LogP contribution in [-0.2, 0) is 4.57 Å². The highest BCUT2D eigenvalue weighted by atomic mass is 31.2. The lowest BCUT2D eigenvalue weighted by Crippen LogP contribution is -2.41. The van der Waals surface area contributed by atoms with Gasteiger partial charge in [-0.1, -0.05) is 73.5 Å². The van der Waals surface area contributed by atoms with E-state index >= 15 is 0 Å². The fourth-order valence-corrected chi connectivity index (χ4v) is 7.73. The van der Waals surface area contributed by atoms with E-state index in [1.807, 2.05) is 45.7 Å². The summed E-state index contributed by atoms with van der Waals surface area (Å²) in [6.07, 6.45) is 4.24. The average molecular weight is 384 g/mol. The predicted octanol–water partition coefficient (Wildman–Crippen LogP) is 5.54. The van der Waals surface area contributed by atoms with Crippen LogP contribution >= 0.6 is 7.67 Å². The zero-order valence-electron chi connectivity index (χ0n) is 16.1. The minimum absolute atomic E-state index is 0.0828. The van der Waals surface area contributed by atoms with Crippen LogP contribution in [0.2, 0.25) is 0 Å². The van der Waals surface area contributed by atoms with Crippen LogP contribution in [0.15, 0.2) is 60.7 Å². The maximum Gasteiger partial charge on any atom is 0.345 e. The number of rotatable bonds is 4. The second-order valence-corrected chi connectivity index (χ2v) is 9.82. The van der Waals surface area contributed by atoms with Crippen molar-refractivity contribution < 1.29 is 9.46 Å². The number of fused-ring (bicyclic) bond motifs is 1. The summed E-state index contributed by atoms with van der Waals surface area (Å²) in [7, 11) is -3.65. The molecular formula is C22H29N2O2P. The molecule has 1 saturated heterocycles. The second-order valence-electron chi connectivity index (χ2n) is 7.87. The molecule has 4 nitrogen and oxygen atoms in total. The Balaban J connectivity index is 1.73. The Morgan fingerprint density at radius 1 is 0.815 bits per heavy atom. The normalized spacial score (nSPS) is 27.8. The minimum atomic E-state index is -3.65. The van der Waals surface area contributed by atoms with Crippen LogP contribution in [0.3, 0.4) is 0 Å². The van der Waals surface area contributed by atoms with Gasteiger partial charge in [-0.25, -0.2) is 9.34 Å². The molecule has 1 saturated carbocycles. The molecule has 2 aromatic rings. The van der Waals surface area contributed by atoms with E-state index in [1.165, 1.54) is 0 Å². The van der Waals surface area contributed by atoms with Crippen molar-refractivity contribution in [1.29, 1.82) is 0 Å². The van der Waals surface area contributed by atoms with Crippen molar-refractivity contribution in [2.24, 2.45) is 0 Å². The molecule has 4 atom stereocenters. The zero-order chi connectivity index (χ0) is 19.0. The molecule has 5 heteroatoms.